The monoisotopic (exact) mass is 500 g/mol. The fourth-order valence-corrected chi connectivity index (χ4v) is 5.42. The highest BCUT2D eigenvalue weighted by Gasteiger charge is 2.25. The normalized spacial score (nSPS) is 14.7. The van der Waals surface area contributed by atoms with Crippen LogP contribution in [0.3, 0.4) is 0 Å². The maximum atomic E-state index is 13.2. The zero-order chi connectivity index (χ0) is 26.8. The lowest BCUT2D eigenvalue weighted by Crippen LogP contribution is -2.35. The maximum absolute atomic E-state index is 13.2. The number of pyridine rings is 1. The summed E-state index contributed by atoms with van der Waals surface area (Å²) in [5.74, 6) is -0.544. The van der Waals surface area contributed by atoms with Crippen LogP contribution in [0.5, 0.6) is 0 Å². The number of carboxylic acids is 1. The summed E-state index contributed by atoms with van der Waals surface area (Å²) in [7, 11) is 0. The van der Waals surface area contributed by atoms with Crippen LogP contribution in [0.1, 0.15) is 88.5 Å². The van der Waals surface area contributed by atoms with Crippen molar-refractivity contribution in [3.63, 3.8) is 0 Å². The van der Waals surface area contributed by atoms with Crippen LogP contribution in [-0.2, 0) is 16.6 Å². The Balaban J connectivity index is 1.73. The van der Waals surface area contributed by atoms with Gasteiger partial charge < -0.3 is 10.4 Å². The van der Waals surface area contributed by atoms with Crippen molar-refractivity contribution in [3.8, 4) is 11.1 Å². The van der Waals surface area contributed by atoms with Gasteiger partial charge in [-0.15, -0.1) is 0 Å². The third-order valence-electron chi connectivity index (χ3n) is 7.54. The Bertz CT molecular complexity index is 1280. The van der Waals surface area contributed by atoms with Crippen molar-refractivity contribution < 1.29 is 14.7 Å². The molecule has 2 N–H and O–H groups in total. The van der Waals surface area contributed by atoms with Gasteiger partial charge in [0, 0.05) is 11.9 Å². The quantitative estimate of drug-likeness (QED) is 0.344. The molecular weight excluding hydrogens is 460 g/mol. The van der Waals surface area contributed by atoms with Gasteiger partial charge in [0.15, 0.2) is 0 Å². The highest BCUT2D eigenvalue weighted by atomic mass is 16.4. The number of benzene rings is 2. The number of carbonyl (C=O) groups excluding carboxylic acids is 1. The van der Waals surface area contributed by atoms with E-state index in [0.717, 1.165) is 34.0 Å². The van der Waals surface area contributed by atoms with Crippen LogP contribution in [0.25, 0.3) is 21.9 Å². The summed E-state index contributed by atoms with van der Waals surface area (Å²) in [6, 6.07) is 16.9. The van der Waals surface area contributed by atoms with Crippen molar-refractivity contribution in [1.82, 2.24) is 10.3 Å². The minimum Gasteiger partial charge on any atom is -0.481 e. The van der Waals surface area contributed by atoms with Crippen LogP contribution >= 0.6 is 0 Å². The minimum absolute atomic E-state index is 0.0112. The van der Waals surface area contributed by atoms with Crippen molar-refractivity contribution in [2.75, 3.05) is 6.54 Å². The molecule has 4 rings (SSSR count). The number of amides is 1. The molecule has 0 saturated heterocycles. The molecule has 1 aliphatic rings. The smallest absolute Gasteiger partial charge is 0.303 e. The Morgan fingerprint density at radius 1 is 1.00 bits per heavy atom. The van der Waals surface area contributed by atoms with E-state index in [1.807, 2.05) is 26.0 Å². The van der Waals surface area contributed by atoms with E-state index < -0.39 is 11.4 Å². The highest BCUT2D eigenvalue weighted by molar-refractivity contribution is 6.02. The van der Waals surface area contributed by atoms with Gasteiger partial charge in [0.05, 0.1) is 12.1 Å². The number of hydrogen-bond donors (Lipinski definition) is 2. The Morgan fingerprint density at radius 2 is 1.68 bits per heavy atom. The summed E-state index contributed by atoms with van der Waals surface area (Å²) in [6.07, 6.45) is 5.75. The van der Waals surface area contributed by atoms with Gasteiger partial charge in [-0.25, -0.2) is 4.98 Å². The number of carboxylic acid groups (broad SMARTS) is 1. The van der Waals surface area contributed by atoms with Gasteiger partial charge in [-0.2, -0.15) is 0 Å². The van der Waals surface area contributed by atoms with Gasteiger partial charge in [-0.3, -0.25) is 9.59 Å². The number of nitrogens with one attached hydrogen (secondary N) is 1. The van der Waals surface area contributed by atoms with Crippen molar-refractivity contribution in [3.05, 3.63) is 65.5 Å². The molecule has 1 aromatic heterocycles. The Kier molecular flexibility index (Phi) is 7.72. The fourth-order valence-electron chi connectivity index (χ4n) is 5.42. The Labute approximate surface area is 220 Å². The SMILES string of the molecule is CC(C)(CNC(=O)c1cc2cccc(-c3ccc(C(C)(C)C)cc3)c2c(CC2CCCC2)n1)CC(=O)O. The lowest BCUT2D eigenvalue weighted by molar-refractivity contribution is -0.139. The molecular formula is C32H40N2O3. The largest absolute Gasteiger partial charge is 0.481 e. The lowest BCUT2D eigenvalue weighted by Gasteiger charge is -2.23. The zero-order valence-electron chi connectivity index (χ0n) is 22.9. The molecule has 37 heavy (non-hydrogen) atoms. The number of hydrogen-bond acceptors (Lipinski definition) is 3. The molecule has 0 bridgehead atoms. The van der Waals surface area contributed by atoms with Crippen LogP contribution in [-0.4, -0.2) is 28.5 Å². The van der Waals surface area contributed by atoms with Crippen LogP contribution in [0.15, 0.2) is 48.5 Å². The molecule has 1 fully saturated rings. The number of nitrogens with zero attached hydrogens (tertiary/aromatic N) is 1. The minimum atomic E-state index is -0.870. The molecule has 0 unspecified atom stereocenters. The van der Waals surface area contributed by atoms with E-state index in [9.17, 15) is 14.7 Å². The van der Waals surface area contributed by atoms with Crippen molar-refractivity contribution in [2.45, 2.75) is 78.6 Å². The van der Waals surface area contributed by atoms with E-state index in [1.165, 1.54) is 31.2 Å². The molecule has 5 nitrogen and oxygen atoms in total. The molecule has 196 valence electrons. The second kappa shape index (κ2) is 10.6. The fraction of sp³-hybridized carbons (Fsp3) is 0.469. The first kappa shape index (κ1) is 26.8. The third kappa shape index (κ3) is 6.57. The summed E-state index contributed by atoms with van der Waals surface area (Å²) in [5, 5.41) is 14.2. The summed E-state index contributed by atoms with van der Waals surface area (Å²) in [6.45, 7) is 10.6. The predicted octanol–water partition coefficient (Wildman–Crippen LogP) is 7.16. The second-order valence-electron chi connectivity index (χ2n) is 12.5. The van der Waals surface area contributed by atoms with E-state index >= 15 is 0 Å². The molecule has 0 spiro atoms. The van der Waals surface area contributed by atoms with E-state index in [4.69, 9.17) is 4.98 Å². The van der Waals surface area contributed by atoms with Gasteiger partial charge in [-0.1, -0.05) is 103 Å². The molecule has 2 aromatic carbocycles. The summed E-state index contributed by atoms with van der Waals surface area (Å²) < 4.78 is 0. The van der Waals surface area contributed by atoms with Crippen molar-refractivity contribution in [1.29, 1.82) is 0 Å². The van der Waals surface area contributed by atoms with Crippen LogP contribution in [0, 0.1) is 11.3 Å². The molecule has 0 radical (unpaired) electrons. The number of aromatic nitrogens is 1. The lowest BCUT2D eigenvalue weighted by atomic mass is 9.85. The van der Waals surface area contributed by atoms with Crippen molar-refractivity contribution >= 4 is 22.6 Å². The van der Waals surface area contributed by atoms with Gasteiger partial charge in [-0.05, 0) is 51.3 Å². The summed E-state index contributed by atoms with van der Waals surface area (Å²) in [4.78, 5) is 29.3. The number of fused-ring (bicyclic) bond motifs is 1. The second-order valence-corrected chi connectivity index (χ2v) is 12.5. The molecule has 5 heteroatoms. The van der Waals surface area contributed by atoms with Gasteiger partial charge >= 0.3 is 5.97 Å². The average Bonchev–Trinajstić information content (AvgIpc) is 3.34. The molecule has 0 aliphatic heterocycles. The molecule has 1 heterocycles. The Hall–Kier alpha value is -3.21. The molecule has 3 aromatic rings. The average molecular weight is 501 g/mol. The zero-order valence-corrected chi connectivity index (χ0v) is 22.9. The standard InChI is InChI=1S/C32H40N2O3/c1-31(2,3)24-15-13-22(14-16-24)25-12-8-11-23-18-27(30(37)33-20-32(4,5)19-28(35)36)34-26(29(23)25)17-21-9-6-7-10-21/h8,11-16,18,21H,6-7,9-10,17,19-20H2,1-5H3,(H,33,37)(H,35,36). The predicted molar refractivity (Wildman–Crippen MR) is 150 cm³/mol. The highest BCUT2D eigenvalue weighted by Crippen LogP contribution is 2.36. The first-order chi connectivity index (χ1) is 17.4. The number of rotatable bonds is 8. The summed E-state index contributed by atoms with van der Waals surface area (Å²) >= 11 is 0. The van der Waals surface area contributed by atoms with E-state index in [2.05, 4.69) is 62.5 Å². The van der Waals surface area contributed by atoms with Gasteiger partial charge in [0.2, 0.25) is 0 Å². The Morgan fingerprint density at radius 3 is 2.30 bits per heavy atom. The number of carbonyl (C=O) groups is 2. The van der Waals surface area contributed by atoms with Crippen LogP contribution in [0.2, 0.25) is 0 Å². The molecule has 1 amide bonds. The maximum Gasteiger partial charge on any atom is 0.303 e. The van der Waals surface area contributed by atoms with Gasteiger partial charge in [0.1, 0.15) is 5.69 Å². The topological polar surface area (TPSA) is 79.3 Å². The molecule has 1 saturated carbocycles. The van der Waals surface area contributed by atoms with E-state index in [-0.39, 0.29) is 24.3 Å². The molecule has 1 aliphatic carbocycles. The first-order valence-corrected chi connectivity index (χ1v) is 13.5. The first-order valence-electron chi connectivity index (χ1n) is 13.5. The van der Waals surface area contributed by atoms with Crippen LogP contribution < -0.4 is 5.32 Å². The van der Waals surface area contributed by atoms with E-state index in [1.54, 1.807) is 0 Å². The summed E-state index contributed by atoms with van der Waals surface area (Å²) in [5.41, 5.74) is 4.52. The third-order valence-corrected chi connectivity index (χ3v) is 7.54. The molecule has 0 atom stereocenters. The van der Waals surface area contributed by atoms with Gasteiger partial charge in [0.25, 0.3) is 5.91 Å². The van der Waals surface area contributed by atoms with Crippen LogP contribution in [0.4, 0.5) is 0 Å². The number of aliphatic carboxylic acids is 1. The van der Waals surface area contributed by atoms with Crippen molar-refractivity contribution in [2.24, 2.45) is 11.3 Å². The van der Waals surface area contributed by atoms with E-state index in [0.29, 0.717) is 11.6 Å².